The van der Waals surface area contributed by atoms with E-state index >= 15 is 0 Å². The van der Waals surface area contributed by atoms with Crippen molar-refractivity contribution in [3.8, 4) is 0 Å². The second kappa shape index (κ2) is 21.1. The highest BCUT2D eigenvalue weighted by molar-refractivity contribution is 5.87. The van der Waals surface area contributed by atoms with E-state index in [0.717, 1.165) is 39.0 Å². The van der Waals surface area contributed by atoms with Crippen LogP contribution in [-0.4, -0.2) is 63.0 Å². The fourth-order valence-electron chi connectivity index (χ4n) is 3.46. The molecule has 0 bridgehead atoms. The molecule has 0 aromatic rings. The summed E-state index contributed by atoms with van der Waals surface area (Å²) in [4.78, 5) is 16.5. The van der Waals surface area contributed by atoms with Gasteiger partial charge in [0.05, 0.1) is 0 Å². The number of nitrogens with one attached hydrogen (secondary N) is 1. The summed E-state index contributed by atoms with van der Waals surface area (Å²) in [6.45, 7) is 8.49. The van der Waals surface area contributed by atoms with Gasteiger partial charge >= 0.3 is 0 Å². The number of carbonyl (C=O) groups excluding carboxylic acids is 1. The van der Waals surface area contributed by atoms with Gasteiger partial charge in [-0.25, -0.2) is 0 Å². The van der Waals surface area contributed by atoms with Gasteiger partial charge < -0.3 is 15.1 Å². The van der Waals surface area contributed by atoms with Crippen LogP contribution in [0.2, 0.25) is 0 Å². The topological polar surface area (TPSA) is 35.6 Å². The van der Waals surface area contributed by atoms with Crippen molar-refractivity contribution in [3.63, 3.8) is 0 Å². The normalized spacial score (nSPS) is 12.4. The van der Waals surface area contributed by atoms with Gasteiger partial charge in [0, 0.05) is 12.6 Å². The Morgan fingerprint density at radius 2 is 1.40 bits per heavy atom. The van der Waals surface area contributed by atoms with E-state index in [1.807, 2.05) is 6.08 Å². The SMILES string of the molecule is CCCCCCCCCC/C(C)=C/C=C/C(=O)NCCCN(C)CCCCN(C)C. The molecular formula is C26H51N3O. The number of rotatable bonds is 20. The third-order valence-electron chi connectivity index (χ3n) is 5.46. The number of carbonyl (C=O) groups is 1. The van der Waals surface area contributed by atoms with Gasteiger partial charge in [0.15, 0.2) is 0 Å². The summed E-state index contributed by atoms with van der Waals surface area (Å²) < 4.78 is 0. The quantitative estimate of drug-likeness (QED) is 0.153. The molecule has 0 aliphatic heterocycles. The minimum absolute atomic E-state index is 0.0137. The van der Waals surface area contributed by atoms with Gasteiger partial charge in [-0.3, -0.25) is 4.79 Å². The van der Waals surface area contributed by atoms with Gasteiger partial charge in [-0.15, -0.1) is 0 Å². The summed E-state index contributed by atoms with van der Waals surface area (Å²) >= 11 is 0. The van der Waals surface area contributed by atoms with E-state index in [-0.39, 0.29) is 5.91 Å². The number of unbranched alkanes of at least 4 members (excludes halogenated alkanes) is 8. The first-order valence-corrected chi connectivity index (χ1v) is 12.4. The molecule has 30 heavy (non-hydrogen) atoms. The summed E-state index contributed by atoms with van der Waals surface area (Å²) in [5, 5.41) is 2.99. The molecule has 0 spiro atoms. The van der Waals surface area contributed by atoms with Crippen molar-refractivity contribution < 1.29 is 4.79 Å². The van der Waals surface area contributed by atoms with E-state index < -0.39 is 0 Å². The van der Waals surface area contributed by atoms with E-state index in [0.29, 0.717) is 0 Å². The molecular weight excluding hydrogens is 370 g/mol. The zero-order valence-corrected chi connectivity index (χ0v) is 20.8. The van der Waals surface area contributed by atoms with Crippen LogP contribution in [0.3, 0.4) is 0 Å². The second-order valence-electron chi connectivity index (χ2n) is 9.06. The summed E-state index contributed by atoms with van der Waals surface area (Å²) in [7, 11) is 6.40. The van der Waals surface area contributed by atoms with Gasteiger partial charge in [0.2, 0.25) is 5.91 Å². The molecule has 1 amide bonds. The Morgan fingerprint density at radius 3 is 2.07 bits per heavy atom. The lowest BCUT2D eigenvalue weighted by atomic mass is 10.0. The zero-order valence-electron chi connectivity index (χ0n) is 20.8. The minimum atomic E-state index is 0.0137. The monoisotopic (exact) mass is 421 g/mol. The van der Waals surface area contributed by atoms with Crippen molar-refractivity contribution in [1.82, 2.24) is 15.1 Å². The first kappa shape index (κ1) is 28.9. The molecule has 1 N–H and O–H groups in total. The standard InChI is InChI=1S/C26H51N3O/c1-6-7-8-9-10-11-12-13-18-25(2)19-16-20-26(30)27-21-17-24-29(5)23-15-14-22-28(3)4/h16,19-20H,6-15,17-18,21-24H2,1-5H3,(H,27,30)/b20-16+,25-19+. The van der Waals surface area contributed by atoms with Gasteiger partial charge in [-0.1, -0.05) is 69.6 Å². The summed E-state index contributed by atoms with van der Waals surface area (Å²) in [6, 6.07) is 0. The molecule has 0 rings (SSSR count). The van der Waals surface area contributed by atoms with Crippen LogP contribution in [0.15, 0.2) is 23.8 Å². The van der Waals surface area contributed by atoms with Crippen molar-refractivity contribution in [1.29, 1.82) is 0 Å². The largest absolute Gasteiger partial charge is 0.353 e. The Morgan fingerprint density at radius 1 is 0.800 bits per heavy atom. The molecule has 0 aromatic heterocycles. The van der Waals surface area contributed by atoms with Crippen LogP contribution < -0.4 is 5.32 Å². The molecule has 0 aliphatic carbocycles. The lowest BCUT2D eigenvalue weighted by molar-refractivity contribution is -0.116. The lowest BCUT2D eigenvalue weighted by Gasteiger charge is -2.17. The molecule has 0 unspecified atom stereocenters. The first-order valence-electron chi connectivity index (χ1n) is 12.4. The van der Waals surface area contributed by atoms with Crippen LogP contribution >= 0.6 is 0 Å². The third-order valence-corrected chi connectivity index (χ3v) is 5.46. The summed E-state index contributed by atoms with van der Waals surface area (Å²) in [6.07, 6.45) is 21.1. The highest BCUT2D eigenvalue weighted by Crippen LogP contribution is 2.12. The maximum Gasteiger partial charge on any atom is 0.243 e. The molecule has 0 atom stereocenters. The molecule has 0 aromatic carbocycles. The van der Waals surface area contributed by atoms with Crippen LogP contribution in [0, 0.1) is 0 Å². The Kier molecular flexibility index (Phi) is 20.3. The van der Waals surface area contributed by atoms with Crippen LogP contribution in [0.5, 0.6) is 0 Å². The number of allylic oxidation sites excluding steroid dienone is 3. The van der Waals surface area contributed by atoms with E-state index in [4.69, 9.17) is 0 Å². The average Bonchev–Trinajstić information content (AvgIpc) is 2.70. The highest BCUT2D eigenvalue weighted by Gasteiger charge is 2.00. The van der Waals surface area contributed by atoms with Crippen LogP contribution in [0.1, 0.15) is 90.9 Å². The average molecular weight is 422 g/mol. The van der Waals surface area contributed by atoms with Gasteiger partial charge in [0.1, 0.15) is 0 Å². The molecule has 0 fully saturated rings. The van der Waals surface area contributed by atoms with E-state index in [1.54, 1.807) is 6.08 Å². The smallest absolute Gasteiger partial charge is 0.243 e. The minimum Gasteiger partial charge on any atom is -0.353 e. The van der Waals surface area contributed by atoms with Crippen molar-refractivity contribution in [2.45, 2.75) is 90.9 Å². The predicted molar refractivity (Wildman–Crippen MR) is 133 cm³/mol. The molecule has 0 aliphatic rings. The molecule has 4 nitrogen and oxygen atoms in total. The zero-order chi connectivity index (χ0) is 22.5. The van der Waals surface area contributed by atoms with Crippen LogP contribution in [0.25, 0.3) is 0 Å². The Balaban J connectivity index is 3.65. The van der Waals surface area contributed by atoms with Crippen molar-refractivity contribution in [2.24, 2.45) is 0 Å². The maximum atomic E-state index is 11.9. The lowest BCUT2D eigenvalue weighted by Crippen LogP contribution is -2.27. The van der Waals surface area contributed by atoms with Crippen LogP contribution in [-0.2, 0) is 4.79 Å². The Hall–Kier alpha value is -1.13. The number of hydrogen-bond acceptors (Lipinski definition) is 3. The molecule has 4 heteroatoms. The molecule has 0 radical (unpaired) electrons. The van der Waals surface area contributed by atoms with E-state index in [9.17, 15) is 4.79 Å². The second-order valence-corrected chi connectivity index (χ2v) is 9.06. The van der Waals surface area contributed by atoms with Gasteiger partial charge in [-0.2, -0.15) is 0 Å². The fourth-order valence-corrected chi connectivity index (χ4v) is 3.46. The van der Waals surface area contributed by atoms with Crippen molar-refractivity contribution in [3.05, 3.63) is 23.8 Å². The van der Waals surface area contributed by atoms with Gasteiger partial charge in [-0.05, 0) is 79.8 Å². The van der Waals surface area contributed by atoms with E-state index in [2.05, 4.69) is 56.2 Å². The Bertz CT molecular complexity index is 457. The predicted octanol–water partition coefficient (Wildman–Crippen LogP) is 5.80. The van der Waals surface area contributed by atoms with Crippen LogP contribution in [0.4, 0.5) is 0 Å². The molecule has 0 heterocycles. The maximum absolute atomic E-state index is 11.9. The summed E-state index contributed by atoms with van der Waals surface area (Å²) in [5.41, 5.74) is 1.36. The molecule has 0 saturated carbocycles. The number of hydrogen-bond donors (Lipinski definition) is 1. The summed E-state index contributed by atoms with van der Waals surface area (Å²) in [5.74, 6) is 0.0137. The molecule has 176 valence electrons. The van der Waals surface area contributed by atoms with Gasteiger partial charge in [0.25, 0.3) is 0 Å². The van der Waals surface area contributed by atoms with E-state index in [1.165, 1.54) is 69.8 Å². The van der Waals surface area contributed by atoms with Crippen molar-refractivity contribution in [2.75, 3.05) is 47.3 Å². The van der Waals surface area contributed by atoms with Crippen molar-refractivity contribution >= 4 is 5.91 Å². The molecule has 0 saturated heterocycles. The Labute approximate surface area is 188 Å². The fraction of sp³-hybridized carbons (Fsp3) is 0.808. The highest BCUT2D eigenvalue weighted by atomic mass is 16.1. The third kappa shape index (κ3) is 21.6. The number of nitrogens with zero attached hydrogens (tertiary/aromatic N) is 2. The first-order chi connectivity index (χ1) is 14.5. The number of amides is 1.